The molecule has 2 aliphatic rings. The summed E-state index contributed by atoms with van der Waals surface area (Å²) in [6, 6.07) is 19.2. The van der Waals surface area contributed by atoms with Crippen molar-refractivity contribution in [2.24, 2.45) is 0 Å². The summed E-state index contributed by atoms with van der Waals surface area (Å²) >= 11 is 0. The van der Waals surface area contributed by atoms with E-state index in [0.29, 0.717) is 13.0 Å². The van der Waals surface area contributed by atoms with Crippen molar-refractivity contribution in [3.63, 3.8) is 0 Å². The van der Waals surface area contributed by atoms with E-state index in [1.165, 1.54) is 25.9 Å². The minimum Gasteiger partial charge on any atom is -0.508 e. The maximum atomic E-state index is 10.5. The fourth-order valence-electron chi connectivity index (χ4n) is 5.47. The first-order chi connectivity index (χ1) is 16.1. The minimum atomic E-state index is -0.0787. The van der Waals surface area contributed by atoms with Gasteiger partial charge in [0.25, 0.3) is 0 Å². The number of aromatic hydroxyl groups is 3. The quantitative estimate of drug-likeness (QED) is 0.458. The number of ether oxygens (including phenoxy) is 1. The van der Waals surface area contributed by atoms with E-state index in [4.69, 9.17) is 4.74 Å². The highest BCUT2D eigenvalue weighted by Gasteiger charge is 2.34. The van der Waals surface area contributed by atoms with E-state index in [0.717, 1.165) is 41.0 Å². The molecule has 1 saturated heterocycles. The van der Waals surface area contributed by atoms with Crippen LogP contribution in [-0.2, 0) is 6.42 Å². The maximum absolute atomic E-state index is 10.5. The third kappa shape index (κ3) is 4.51. The van der Waals surface area contributed by atoms with E-state index in [9.17, 15) is 15.3 Å². The molecule has 33 heavy (non-hydrogen) atoms. The van der Waals surface area contributed by atoms with Gasteiger partial charge in [-0.25, -0.2) is 0 Å². The molecule has 1 aliphatic heterocycles. The summed E-state index contributed by atoms with van der Waals surface area (Å²) in [5.41, 5.74) is 4.03. The molecular formula is C28H31NO4. The summed E-state index contributed by atoms with van der Waals surface area (Å²) in [7, 11) is 0. The van der Waals surface area contributed by atoms with E-state index < -0.39 is 0 Å². The Morgan fingerprint density at radius 1 is 0.879 bits per heavy atom. The van der Waals surface area contributed by atoms with Gasteiger partial charge in [-0.1, -0.05) is 30.3 Å². The zero-order chi connectivity index (χ0) is 22.8. The normalized spacial score (nSPS) is 20.5. The average molecular weight is 446 g/mol. The van der Waals surface area contributed by atoms with Gasteiger partial charge in [-0.15, -0.1) is 0 Å². The molecule has 0 aromatic heterocycles. The van der Waals surface area contributed by atoms with Crippen LogP contribution in [0.5, 0.6) is 23.0 Å². The predicted octanol–water partition coefficient (Wildman–Crippen LogP) is 5.14. The first-order valence-electron chi connectivity index (χ1n) is 11.9. The Labute approximate surface area is 194 Å². The van der Waals surface area contributed by atoms with Gasteiger partial charge in [-0.05, 0) is 91.7 Å². The molecule has 0 spiro atoms. The first kappa shape index (κ1) is 21.7. The molecule has 3 N–H and O–H groups in total. The highest BCUT2D eigenvalue weighted by molar-refractivity contribution is 5.55. The van der Waals surface area contributed by atoms with Crippen LogP contribution >= 0.6 is 0 Å². The molecule has 3 aromatic carbocycles. The van der Waals surface area contributed by atoms with Crippen molar-refractivity contribution >= 4 is 0 Å². The number of nitrogens with zero attached hydrogens (tertiary/aromatic N) is 1. The molecule has 0 saturated carbocycles. The molecule has 0 unspecified atom stereocenters. The summed E-state index contributed by atoms with van der Waals surface area (Å²) < 4.78 is 5.99. The average Bonchev–Trinajstić information content (AvgIpc) is 3.35. The standard InChI is InChI=1S/C28H31NO4/c30-21-5-3-4-20(18-21)23-10-11-25-24(12-13-26(31)28(25)32)27(23)19-6-8-22(9-7-19)33-17-16-29-14-1-2-15-29/h3-9,12-13,18,23,27,30-32H,1-2,10-11,14-17H2/t23-,27+/m1/s1. The van der Waals surface area contributed by atoms with Crippen LogP contribution in [0.4, 0.5) is 0 Å². The van der Waals surface area contributed by atoms with Crippen molar-refractivity contribution in [2.45, 2.75) is 37.5 Å². The first-order valence-corrected chi connectivity index (χ1v) is 11.9. The summed E-state index contributed by atoms with van der Waals surface area (Å²) in [4.78, 5) is 2.44. The number of likely N-dealkylation sites (tertiary alicyclic amines) is 1. The van der Waals surface area contributed by atoms with Gasteiger partial charge in [0, 0.05) is 18.0 Å². The second-order valence-corrected chi connectivity index (χ2v) is 9.19. The molecule has 0 radical (unpaired) electrons. The highest BCUT2D eigenvalue weighted by atomic mass is 16.5. The predicted molar refractivity (Wildman–Crippen MR) is 128 cm³/mol. The summed E-state index contributed by atoms with van der Waals surface area (Å²) in [5.74, 6) is 1.17. The lowest BCUT2D eigenvalue weighted by molar-refractivity contribution is 0.237. The Kier molecular flexibility index (Phi) is 6.14. The van der Waals surface area contributed by atoms with E-state index in [-0.39, 0.29) is 29.1 Å². The van der Waals surface area contributed by atoms with Crippen molar-refractivity contribution < 1.29 is 20.1 Å². The van der Waals surface area contributed by atoms with Crippen molar-refractivity contribution in [2.75, 3.05) is 26.2 Å². The van der Waals surface area contributed by atoms with Crippen LogP contribution in [0.1, 0.15) is 53.4 Å². The lowest BCUT2D eigenvalue weighted by Crippen LogP contribution is -2.25. The fourth-order valence-corrected chi connectivity index (χ4v) is 5.47. The van der Waals surface area contributed by atoms with Crippen LogP contribution < -0.4 is 4.74 Å². The second-order valence-electron chi connectivity index (χ2n) is 9.19. The Morgan fingerprint density at radius 3 is 2.42 bits per heavy atom. The van der Waals surface area contributed by atoms with Crippen LogP contribution in [0.25, 0.3) is 0 Å². The van der Waals surface area contributed by atoms with Gasteiger partial charge >= 0.3 is 0 Å². The molecular weight excluding hydrogens is 414 g/mol. The third-order valence-electron chi connectivity index (χ3n) is 7.15. The van der Waals surface area contributed by atoms with Crippen LogP contribution in [0.15, 0.2) is 60.7 Å². The van der Waals surface area contributed by atoms with E-state index >= 15 is 0 Å². The van der Waals surface area contributed by atoms with Crippen molar-refractivity contribution in [1.29, 1.82) is 0 Å². The van der Waals surface area contributed by atoms with Crippen molar-refractivity contribution in [3.8, 4) is 23.0 Å². The summed E-state index contributed by atoms with van der Waals surface area (Å²) in [5, 5.41) is 30.7. The van der Waals surface area contributed by atoms with Gasteiger partial charge < -0.3 is 20.1 Å². The molecule has 172 valence electrons. The minimum absolute atomic E-state index is 0.000648. The zero-order valence-corrected chi connectivity index (χ0v) is 18.8. The lowest BCUT2D eigenvalue weighted by atomic mass is 9.69. The Morgan fingerprint density at radius 2 is 1.67 bits per heavy atom. The Balaban J connectivity index is 1.43. The Bertz CT molecular complexity index is 1110. The molecule has 5 heteroatoms. The van der Waals surface area contributed by atoms with Crippen LogP contribution in [0.2, 0.25) is 0 Å². The highest BCUT2D eigenvalue weighted by Crippen LogP contribution is 2.50. The number of rotatable bonds is 6. The second kappa shape index (κ2) is 9.36. The number of phenols is 3. The van der Waals surface area contributed by atoms with Crippen molar-refractivity contribution in [3.05, 3.63) is 82.9 Å². The number of phenolic OH excluding ortho intramolecular Hbond substituents is 3. The zero-order valence-electron chi connectivity index (χ0n) is 18.8. The van der Waals surface area contributed by atoms with Gasteiger partial charge in [0.05, 0.1) is 0 Å². The third-order valence-corrected chi connectivity index (χ3v) is 7.15. The van der Waals surface area contributed by atoms with Gasteiger partial charge in [0.1, 0.15) is 18.1 Å². The smallest absolute Gasteiger partial charge is 0.160 e. The van der Waals surface area contributed by atoms with Crippen LogP contribution in [-0.4, -0.2) is 46.5 Å². The number of hydrogen-bond donors (Lipinski definition) is 3. The monoisotopic (exact) mass is 445 g/mol. The lowest BCUT2D eigenvalue weighted by Gasteiger charge is -2.35. The van der Waals surface area contributed by atoms with E-state index in [1.807, 2.05) is 30.3 Å². The molecule has 1 heterocycles. The van der Waals surface area contributed by atoms with Gasteiger partial charge in [-0.2, -0.15) is 0 Å². The number of hydrogen-bond acceptors (Lipinski definition) is 5. The molecule has 1 fully saturated rings. The molecule has 2 atom stereocenters. The topological polar surface area (TPSA) is 73.2 Å². The molecule has 3 aromatic rings. The SMILES string of the molecule is Oc1cccc([C@H]2CCc3c(ccc(O)c3O)[C@H]2c2ccc(OCCN3CCCC3)cc2)c1. The largest absolute Gasteiger partial charge is 0.508 e. The van der Waals surface area contributed by atoms with Gasteiger partial charge in [-0.3, -0.25) is 4.90 Å². The van der Waals surface area contributed by atoms with Crippen LogP contribution in [0, 0.1) is 0 Å². The number of fused-ring (bicyclic) bond motifs is 1. The molecule has 5 rings (SSSR count). The summed E-state index contributed by atoms with van der Waals surface area (Å²) in [6.45, 7) is 3.98. The summed E-state index contributed by atoms with van der Waals surface area (Å²) in [6.07, 6.45) is 4.05. The molecule has 0 bridgehead atoms. The molecule has 1 aliphatic carbocycles. The maximum Gasteiger partial charge on any atom is 0.160 e. The van der Waals surface area contributed by atoms with Crippen molar-refractivity contribution in [1.82, 2.24) is 4.90 Å². The van der Waals surface area contributed by atoms with Gasteiger partial charge in [0.15, 0.2) is 11.5 Å². The number of benzene rings is 3. The Hall–Kier alpha value is -3.18. The molecule has 5 nitrogen and oxygen atoms in total. The fraction of sp³-hybridized carbons (Fsp3) is 0.357. The van der Waals surface area contributed by atoms with Crippen LogP contribution in [0.3, 0.4) is 0 Å². The van der Waals surface area contributed by atoms with Gasteiger partial charge in [0.2, 0.25) is 0 Å². The van der Waals surface area contributed by atoms with E-state index in [1.54, 1.807) is 12.1 Å². The molecule has 0 amide bonds. The van der Waals surface area contributed by atoms with E-state index in [2.05, 4.69) is 23.1 Å².